The number of likely N-dealkylation sites (tertiary alicyclic amines) is 1. The Hall–Kier alpha value is -2.88. The van der Waals surface area contributed by atoms with E-state index in [1.165, 1.54) is 6.20 Å². The van der Waals surface area contributed by atoms with Gasteiger partial charge in [0.15, 0.2) is 0 Å². The molecule has 158 valence electrons. The fourth-order valence-electron chi connectivity index (χ4n) is 4.79. The molecule has 3 aromatic heterocycles. The van der Waals surface area contributed by atoms with Crippen LogP contribution in [0.5, 0.6) is 0 Å². The molecular weight excluding hydrogens is 395 g/mol. The number of alkyl halides is 3. The molecule has 1 spiro atoms. The van der Waals surface area contributed by atoms with Crippen LogP contribution in [0.2, 0.25) is 0 Å². The van der Waals surface area contributed by atoms with E-state index in [2.05, 4.69) is 32.1 Å². The zero-order chi connectivity index (χ0) is 21.1. The van der Waals surface area contributed by atoms with Crippen LogP contribution in [0.3, 0.4) is 0 Å². The standard InChI is InChI=1S/C20H22F3N7/c1-12(15-2-5-26-27-15)29-6-3-19(11-29)4-7-30-17(19)9-16(28-30)13-8-14(20(21,22)23)18(24)25-10-13/h2,5,8-10,12H,3-4,6-7,11H2,1H3,(H2,24,25)(H,26,27)/t12?,19-/m1/s1. The van der Waals surface area contributed by atoms with Crippen molar-refractivity contribution >= 4 is 5.82 Å². The van der Waals surface area contributed by atoms with E-state index >= 15 is 0 Å². The first-order valence-corrected chi connectivity index (χ1v) is 9.92. The Morgan fingerprint density at radius 1 is 1.23 bits per heavy atom. The maximum atomic E-state index is 13.2. The molecule has 0 aliphatic carbocycles. The number of H-pyrrole nitrogens is 1. The molecule has 2 atom stereocenters. The number of pyridine rings is 1. The molecule has 30 heavy (non-hydrogen) atoms. The number of fused-ring (bicyclic) bond motifs is 2. The summed E-state index contributed by atoms with van der Waals surface area (Å²) in [5.74, 6) is -0.520. The van der Waals surface area contributed by atoms with Gasteiger partial charge >= 0.3 is 6.18 Å². The number of halogens is 3. The van der Waals surface area contributed by atoms with Gasteiger partial charge in [0.05, 0.1) is 17.0 Å². The van der Waals surface area contributed by atoms with Crippen LogP contribution >= 0.6 is 0 Å². The topological polar surface area (TPSA) is 88.7 Å². The first-order chi connectivity index (χ1) is 14.3. The Morgan fingerprint density at radius 2 is 2.03 bits per heavy atom. The minimum absolute atomic E-state index is 0.0341. The summed E-state index contributed by atoms with van der Waals surface area (Å²) in [6.45, 7) is 4.74. The Kier molecular flexibility index (Phi) is 4.18. The lowest BCUT2D eigenvalue weighted by Gasteiger charge is -2.27. The van der Waals surface area contributed by atoms with Gasteiger partial charge in [-0.05, 0) is 44.5 Å². The molecule has 0 saturated carbocycles. The van der Waals surface area contributed by atoms with Gasteiger partial charge in [0, 0.05) is 48.2 Å². The zero-order valence-corrected chi connectivity index (χ0v) is 16.4. The van der Waals surface area contributed by atoms with Gasteiger partial charge in [-0.2, -0.15) is 23.4 Å². The highest BCUT2D eigenvalue weighted by Gasteiger charge is 2.47. The van der Waals surface area contributed by atoms with Gasteiger partial charge in [0.1, 0.15) is 5.82 Å². The van der Waals surface area contributed by atoms with Crippen molar-refractivity contribution in [2.75, 3.05) is 18.8 Å². The van der Waals surface area contributed by atoms with Crippen molar-refractivity contribution in [1.82, 2.24) is 29.9 Å². The molecule has 0 bridgehead atoms. The maximum absolute atomic E-state index is 13.2. The summed E-state index contributed by atoms with van der Waals surface area (Å²) in [5.41, 5.74) is 7.46. The van der Waals surface area contributed by atoms with Crippen LogP contribution in [0.4, 0.5) is 19.0 Å². The average Bonchev–Trinajstić information content (AvgIpc) is 3.48. The predicted octanol–water partition coefficient (Wildman–Crippen LogP) is 3.38. The number of nitrogens with two attached hydrogens (primary N) is 1. The molecule has 1 fully saturated rings. The SMILES string of the molecule is CC(c1ccn[nH]1)N1CC[C@@]2(CCn3nc(-c4cnc(N)c(C(F)(F)F)c4)cc32)C1. The summed E-state index contributed by atoms with van der Waals surface area (Å²) < 4.78 is 41.6. The number of nitrogen functional groups attached to an aromatic ring is 1. The molecule has 1 unspecified atom stereocenters. The van der Waals surface area contributed by atoms with E-state index in [9.17, 15) is 13.2 Å². The molecule has 2 aliphatic heterocycles. The Balaban J connectivity index is 1.44. The number of hydrogen-bond donors (Lipinski definition) is 2. The van der Waals surface area contributed by atoms with Crippen molar-refractivity contribution < 1.29 is 13.2 Å². The third-order valence-electron chi connectivity index (χ3n) is 6.55. The molecule has 0 radical (unpaired) electrons. The second kappa shape index (κ2) is 6.56. The lowest BCUT2D eigenvalue weighted by atomic mass is 9.82. The van der Waals surface area contributed by atoms with E-state index in [1.807, 2.05) is 16.8 Å². The number of hydrogen-bond acceptors (Lipinski definition) is 5. The minimum atomic E-state index is -4.55. The van der Waals surface area contributed by atoms with E-state index in [4.69, 9.17) is 5.73 Å². The quantitative estimate of drug-likeness (QED) is 0.682. The van der Waals surface area contributed by atoms with Crippen molar-refractivity contribution in [1.29, 1.82) is 0 Å². The largest absolute Gasteiger partial charge is 0.419 e. The number of rotatable bonds is 3. The highest BCUT2D eigenvalue weighted by molar-refractivity contribution is 5.63. The van der Waals surface area contributed by atoms with E-state index in [0.717, 1.165) is 49.9 Å². The Bertz CT molecular complexity index is 1070. The molecule has 5 heterocycles. The number of aromatic amines is 1. The van der Waals surface area contributed by atoms with Gasteiger partial charge in [-0.15, -0.1) is 0 Å². The van der Waals surface area contributed by atoms with Gasteiger partial charge in [-0.3, -0.25) is 14.7 Å². The monoisotopic (exact) mass is 417 g/mol. The summed E-state index contributed by atoms with van der Waals surface area (Å²) in [6, 6.07) is 5.16. The van der Waals surface area contributed by atoms with Crippen molar-refractivity contribution in [3.8, 4) is 11.3 Å². The van der Waals surface area contributed by atoms with Crippen molar-refractivity contribution in [3.63, 3.8) is 0 Å². The van der Waals surface area contributed by atoms with Crippen LogP contribution in [0.25, 0.3) is 11.3 Å². The summed E-state index contributed by atoms with van der Waals surface area (Å²) in [5, 5.41) is 11.7. The highest BCUT2D eigenvalue weighted by atomic mass is 19.4. The second-order valence-electron chi connectivity index (χ2n) is 8.23. The highest BCUT2D eigenvalue weighted by Crippen LogP contribution is 2.45. The molecule has 0 amide bonds. The molecular formula is C20H22F3N7. The lowest BCUT2D eigenvalue weighted by Crippen LogP contribution is -2.31. The van der Waals surface area contributed by atoms with Crippen LogP contribution in [-0.2, 0) is 18.1 Å². The molecule has 10 heteroatoms. The number of aryl methyl sites for hydroxylation is 1. The van der Waals surface area contributed by atoms with E-state index in [0.29, 0.717) is 11.3 Å². The third-order valence-corrected chi connectivity index (χ3v) is 6.55. The van der Waals surface area contributed by atoms with Gasteiger partial charge in [0.2, 0.25) is 0 Å². The summed E-state index contributed by atoms with van der Waals surface area (Å²) in [4.78, 5) is 6.17. The zero-order valence-electron chi connectivity index (χ0n) is 16.4. The molecule has 0 aromatic carbocycles. The fourth-order valence-corrected chi connectivity index (χ4v) is 4.79. The van der Waals surface area contributed by atoms with E-state index in [-0.39, 0.29) is 11.5 Å². The van der Waals surface area contributed by atoms with E-state index < -0.39 is 17.6 Å². The minimum Gasteiger partial charge on any atom is -0.383 e. The molecule has 5 rings (SSSR count). The number of aromatic nitrogens is 5. The summed E-state index contributed by atoms with van der Waals surface area (Å²) in [7, 11) is 0. The number of nitrogens with zero attached hydrogens (tertiary/aromatic N) is 5. The van der Waals surface area contributed by atoms with Gasteiger partial charge < -0.3 is 5.73 Å². The summed E-state index contributed by atoms with van der Waals surface area (Å²) in [6.07, 6.45) is 0.534. The van der Waals surface area contributed by atoms with Gasteiger partial charge in [0.25, 0.3) is 0 Å². The molecule has 1 saturated heterocycles. The van der Waals surface area contributed by atoms with Crippen molar-refractivity contribution in [2.24, 2.45) is 0 Å². The maximum Gasteiger partial charge on any atom is 0.419 e. The average molecular weight is 417 g/mol. The summed E-state index contributed by atoms with van der Waals surface area (Å²) >= 11 is 0. The van der Waals surface area contributed by atoms with Crippen LogP contribution in [-0.4, -0.2) is 43.0 Å². The normalized spacial score (nSPS) is 22.7. The van der Waals surface area contributed by atoms with Crippen molar-refractivity contribution in [2.45, 2.75) is 43.9 Å². The van der Waals surface area contributed by atoms with Crippen LogP contribution in [0.1, 0.15) is 42.8 Å². The second-order valence-corrected chi connectivity index (χ2v) is 8.23. The van der Waals surface area contributed by atoms with Crippen LogP contribution < -0.4 is 5.73 Å². The number of nitrogens with one attached hydrogen (secondary N) is 1. The molecule has 3 aromatic rings. The molecule has 3 N–H and O–H groups in total. The van der Waals surface area contributed by atoms with Gasteiger partial charge in [-0.1, -0.05) is 0 Å². The predicted molar refractivity (Wildman–Crippen MR) is 104 cm³/mol. The first kappa shape index (κ1) is 19.1. The number of anilines is 1. The van der Waals surface area contributed by atoms with Crippen LogP contribution in [0.15, 0.2) is 30.6 Å². The van der Waals surface area contributed by atoms with E-state index in [1.54, 1.807) is 6.20 Å². The lowest BCUT2D eigenvalue weighted by molar-refractivity contribution is -0.137. The Morgan fingerprint density at radius 3 is 2.77 bits per heavy atom. The van der Waals surface area contributed by atoms with Gasteiger partial charge in [-0.25, -0.2) is 4.98 Å². The Labute approximate surface area is 171 Å². The van der Waals surface area contributed by atoms with Crippen LogP contribution in [0, 0.1) is 0 Å². The smallest absolute Gasteiger partial charge is 0.383 e. The first-order valence-electron chi connectivity index (χ1n) is 9.92. The molecule has 7 nitrogen and oxygen atoms in total. The fraction of sp³-hybridized carbons (Fsp3) is 0.450. The van der Waals surface area contributed by atoms with Crippen molar-refractivity contribution in [3.05, 3.63) is 47.5 Å². The third kappa shape index (κ3) is 2.97. The molecule has 2 aliphatic rings.